The monoisotopic (exact) mass is 323 g/mol. The van der Waals surface area contributed by atoms with Gasteiger partial charge in [-0.3, -0.25) is 0 Å². The molecule has 0 atom stereocenters. The van der Waals surface area contributed by atoms with Crippen molar-refractivity contribution in [2.24, 2.45) is 0 Å². The summed E-state index contributed by atoms with van der Waals surface area (Å²) in [4.78, 5) is 0. The lowest BCUT2D eigenvalue weighted by molar-refractivity contribution is 0.355. The molecule has 0 aromatic heterocycles. The summed E-state index contributed by atoms with van der Waals surface area (Å²) in [5.74, 6) is 1.49. The van der Waals surface area contributed by atoms with E-state index in [1.807, 2.05) is 25.2 Å². The van der Waals surface area contributed by atoms with E-state index in [1.165, 1.54) is 18.4 Å². The first-order chi connectivity index (χ1) is 10.2. The Kier molecular flexibility index (Phi) is 10.8. The third-order valence-corrected chi connectivity index (χ3v) is 3.05. The molecule has 122 valence electrons. The van der Waals surface area contributed by atoms with Crippen molar-refractivity contribution in [3.63, 3.8) is 0 Å². The molecule has 0 saturated carbocycles. The quantitative estimate of drug-likeness (QED) is 0.856. The molecule has 0 spiro atoms. The van der Waals surface area contributed by atoms with E-state index in [9.17, 15) is 0 Å². The summed E-state index contributed by atoms with van der Waals surface area (Å²) in [6.07, 6.45) is 2.45. The Morgan fingerprint density at radius 3 is 2.05 bits per heavy atom. The van der Waals surface area contributed by atoms with Crippen LogP contribution in [0.25, 0.3) is 0 Å². The van der Waals surface area contributed by atoms with Gasteiger partial charge in [0.15, 0.2) is 11.5 Å². The normalized spacial score (nSPS) is 8.91. The van der Waals surface area contributed by atoms with Gasteiger partial charge in [0.2, 0.25) is 0 Å². The molecule has 0 amide bonds. The van der Waals surface area contributed by atoms with E-state index >= 15 is 0 Å². The first kappa shape index (κ1) is 20.1. The average Bonchev–Trinajstić information content (AvgIpc) is 2.56. The summed E-state index contributed by atoms with van der Waals surface area (Å²) in [6.45, 7) is 2.20. The summed E-state index contributed by atoms with van der Waals surface area (Å²) in [6, 6.07) is 16.3. The molecule has 0 aliphatic rings. The van der Waals surface area contributed by atoms with Crippen LogP contribution in [0, 0.1) is 0 Å². The van der Waals surface area contributed by atoms with Gasteiger partial charge in [-0.25, -0.2) is 0 Å². The highest BCUT2D eigenvalue weighted by Gasteiger charge is 2.02. The zero-order valence-corrected chi connectivity index (χ0v) is 14.6. The highest BCUT2D eigenvalue weighted by atomic mass is 35.5. The van der Waals surface area contributed by atoms with Crippen LogP contribution in [-0.2, 0) is 6.42 Å². The maximum atomic E-state index is 5.11. The summed E-state index contributed by atoms with van der Waals surface area (Å²) >= 11 is 0. The number of ether oxygens (including phenoxy) is 2. The second-order valence-corrected chi connectivity index (χ2v) is 4.56. The lowest BCUT2D eigenvalue weighted by atomic mass is 10.1. The number of aryl methyl sites for hydroxylation is 1. The smallest absolute Gasteiger partial charge is 0.162 e. The molecule has 0 aliphatic carbocycles. The van der Waals surface area contributed by atoms with E-state index in [1.54, 1.807) is 14.2 Å². The maximum absolute atomic E-state index is 5.11. The number of hydrogen-bond acceptors (Lipinski definition) is 3. The third kappa shape index (κ3) is 6.72. The Labute approximate surface area is 140 Å². The van der Waals surface area contributed by atoms with E-state index in [4.69, 9.17) is 9.47 Å². The van der Waals surface area contributed by atoms with Crippen molar-refractivity contribution in [2.75, 3.05) is 26.6 Å². The van der Waals surface area contributed by atoms with Gasteiger partial charge in [0.25, 0.3) is 0 Å². The van der Waals surface area contributed by atoms with Gasteiger partial charge in [-0.05, 0) is 24.1 Å². The highest BCUT2D eigenvalue weighted by Crippen LogP contribution is 2.29. The number of benzene rings is 2. The first-order valence-corrected chi connectivity index (χ1v) is 7.18. The third-order valence-electron chi connectivity index (χ3n) is 3.05. The Bertz CT molecular complexity index is 518. The average molecular weight is 324 g/mol. The predicted molar refractivity (Wildman–Crippen MR) is 96.8 cm³/mol. The lowest BCUT2D eigenvalue weighted by Gasteiger charge is -2.08. The molecule has 0 aliphatic heterocycles. The SMILES string of the molecule is CCCc1ccccc1.CNc1ccc(OC)c(OC)c1.Cl. The number of anilines is 1. The molecule has 0 bridgehead atoms. The molecule has 2 aromatic carbocycles. The maximum Gasteiger partial charge on any atom is 0.162 e. The van der Waals surface area contributed by atoms with E-state index in [2.05, 4.69) is 42.6 Å². The molecule has 22 heavy (non-hydrogen) atoms. The molecule has 2 aromatic rings. The van der Waals surface area contributed by atoms with Gasteiger partial charge in [-0.1, -0.05) is 43.7 Å². The second kappa shape index (κ2) is 11.8. The number of nitrogens with one attached hydrogen (secondary N) is 1. The molecule has 0 saturated heterocycles. The summed E-state index contributed by atoms with van der Waals surface area (Å²) in [5.41, 5.74) is 2.45. The van der Waals surface area contributed by atoms with Gasteiger partial charge >= 0.3 is 0 Å². The van der Waals surface area contributed by atoms with Crippen LogP contribution in [0.15, 0.2) is 48.5 Å². The summed E-state index contributed by atoms with van der Waals surface area (Å²) in [7, 11) is 5.11. The van der Waals surface area contributed by atoms with Crippen LogP contribution in [0.5, 0.6) is 11.5 Å². The van der Waals surface area contributed by atoms with Crippen molar-refractivity contribution in [1.29, 1.82) is 0 Å². The zero-order valence-electron chi connectivity index (χ0n) is 13.8. The van der Waals surface area contributed by atoms with Gasteiger partial charge < -0.3 is 14.8 Å². The van der Waals surface area contributed by atoms with Crippen LogP contribution in [0.1, 0.15) is 18.9 Å². The number of hydrogen-bond donors (Lipinski definition) is 1. The minimum Gasteiger partial charge on any atom is -0.493 e. The number of rotatable bonds is 5. The molecule has 1 N–H and O–H groups in total. The van der Waals surface area contributed by atoms with E-state index in [0.717, 1.165) is 17.2 Å². The minimum absolute atomic E-state index is 0. The predicted octanol–water partition coefficient (Wildman–Crippen LogP) is 4.81. The standard InChI is InChI=1S/C9H13NO2.C9H12.ClH/c1-10-7-4-5-8(11-2)9(6-7)12-3;1-2-6-9-7-4-3-5-8-9;/h4-6,10H,1-3H3;3-5,7-8H,2,6H2,1H3;1H. The van der Waals surface area contributed by atoms with E-state index < -0.39 is 0 Å². The van der Waals surface area contributed by atoms with Crippen LogP contribution >= 0.6 is 12.4 Å². The van der Waals surface area contributed by atoms with Crippen molar-refractivity contribution >= 4 is 18.1 Å². The number of methoxy groups -OCH3 is 2. The Morgan fingerprint density at radius 1 is 0.909 bits per heavy atom. The summed E-state index contributed by atoms with van der Waals surface area (Å²) < 4.78 is 10.2. The van der Waals surface area contributed by atoms with Gasteiger partial charge in [-0.15, -0.1) is 12.4 Å². The van der Waals surface area contributed by atoms with Crippen molar-refractivity contribution in [1.82, 2.24) is 0 Å². The van der Waals surface area contributed by atoms with E-state index in [0.29, 0.717) is 0 Å². The van der Waals surface area contributed by atoms with Gasteiger partial charge in [0, 0.05) is 18.8 Å². The van der Waals surface area contributed by atoms with Crippen LogP contribution < -0.4 is 14.8 Å². The van der Waals surface area contributed by atoms with Crippen molar-refractivity contribution in [2.45, 2.75) is 19.8 Å². The molecule has 0 heterocycles. The fraction of sp³-hybridized carbons (Fsp3) is 0.333. The number of halogens is 1. The minimum atomic E-state index is 0. The van der Waals surface area contributed by atoms with Gasteiger partial charge in [0.05, 0.1) is 14.2 Å². The Hall–Kier alpha value is -1.87. The second-order valence-electron chi connectivity index (χ2n) is 4.56. The van der Waals surface area contributed by atoms with Crippen molar-refractivity contribution in [3.8, 4) is 11.5 Å². The van der Waals surface area contributed by atoms with Crippen molar-refractivity contribution < 1.29 is 9.47 Å². The largest absolute Gasteiger partial charge is 0.493 e. The fourth-order valence-electron chi connectivity index (χ4n) is 1.93. The van der Waals surface area contributed by atoms with Gasteiger partial charge in [0.1, 0.15) is 0 Å². The Balaban J connectivity index is 0.000000397. The van der Waals surface area contributed by atoms with Crippen LogP contribution in [0.2, 0.25) is 0 Å². The molecule has 0 radical (unpaired) electrons. The molecular weight excluding hydrogens is 298 g/mol. The molecule has 4 heteroatoms. The fourth-order valence-corrected chi connectivity index (χ4v) is 1.93. The highest BCUT2D eigenvalue weighted by molar-refractivity contribution is 5.85. The molecule has 0 unspecified atom stereocenters. The first-order valence-electron chi connectivity index (χ1n) is 7.18. The zero-order chi connectivity index (χ0) is 15.5. The van der Waals surface area contributed by atoms with Crippen LogP contribution in [0.4, 0.5) is 5.69 Å². The molecular formula is C18H26ClNO2. The summed E-state index contributed by atoms with van der Waals surface area (Å²) in [5, 5.41) is 3.02. The van der Waals surface area contributed by atoms with E-state index in [-0.39, 0.29) is 12.4 Å². The van der Waals surface area contributed by atoms with Crippen LogP contribution in [0.3, 0.4) is 0 Å². The van der Waals surface area contributed by atoms with Crippen molar-refractivity contribution in [3.05, 3.63) is 54.1 Å². The van der Waals surface area contributed by atoms with Crippen LogP contribution in [-0.4, -0.2) is 21.3 Å². The molecule has 3 nitrogen and oxygen atoms in total. The molecule has 2 rings (SSSR count). The van der Waals surface area contributed by atoms with Gasteiger partial charge in [-0.2, -0.15) is 0 Å². The Morgan fingerprint density at radius 2 is 1.55 bits per heavy atom. The topological polar surface area (TPSA) is 30.5 Å². The lowest BCUT2D eigenvalue weighted by Crippen LogP contribution is -1.93. The molecule has 0 fully saturated rings.